The second-order valence-electron chi connectivity index (χ2n) is 5.38. The molecule has 1 heterocycles. The Balaban J connectivity index is 2.36. The number of pyridine rings is 1. The minimum Gasteiger partial charge on any atom is -0.496 e. The highest BCUT2D eigenvalue weighted by atomic mass is 35.5. The van der Waals surface area contributed by atoms with Crippen LogP contribution < -0.4 is 20.1 Å². The van der Waals surface area contributed by atoms with Crippen molar-refractivity contribution in [2.24, 2.45) is 0 Å². The van der Waals surface area contributed by atoms with Crippen LogP contribution in [0.25, 0.3) is 0 Å². The lowest BCUT2D eigenvalue weighted by molar-refractivity contribution is 0.0963. The average molecular weight is 413 g/mol. The zero-order valence-corrected chi connectivity index (χ0v) is 16.2. The quantitative estimate of drug-likeness (QED) is 0.620. The molecule has 0 aliphatic carbocycles. The van der Waals surface area contributed by atoms with Crippen molar-refractivity contribution >= 4 is 44.8 Å². The summed E-state index contributed by atoms with van der Waals surface area (Å²) in [7, 11) is -0.692. The van der Waals surface area contributed by atoms with E-state index in [-0.39, 0.29) is 33.4 Å². The fraction of sp³-hybridized carbons (Fsp3) is 0.188. The van der Waals surface area contributed by atoms with E-state index < -0.39 is 21.8 Å². The lowest BCUT2D eigenvalue weighted by atomic mass is 10.1. The van der Waals surface area contributed by atoms with Gasteiger partial charge >= 0.3 is 0 Å². The summed E-state index contributed by atoms with van der Waals surface area (Å²) in [5.74, 6) is -0.887. The fourth-order valence-electron chi connectivity index (χ4n) is 2.19. The molecule has 1 aromatic carbocycles. The van der Waals surface area contributed by atoms with Gasteiger partial charge in [0.05, 0.1) is 35.9 Å². The van der Waals surface area contributed by atoms with Crippen LogP contribution in [0.3, 0.4) is 0 Å². The predicted octanol–water partition coefficient (Wildman–Crippen LogP) is 1.73. The van der Waals surface area contributed by atoms with Gasteiger partial charge in [-0.25, -0.2) is 13.4 Å². The number of hydrogen-bond acceptors (Lipinski definition) is 6. The van der Waals surface area contributed by atoms with Crippen LogP contribution in [0.5, 0.6) is 5.75 Å². The number of carbonyl (C=O) groups is 2. The standard InChI is InChI=1S/C16H17ClN4O5S/c1-18-15(22)11-8-19-14(17)7-12(11)20-16(23)10-5-4-9(6-13(10)26-2)21-27(3,24)25/h4-8,21H,1-3H3,(H,18,22)(H,19,20,23). The topological polar surface area (TPSA) is 126 Å². The van der Waals surface area contributed by atoms with Gasteiger partial charge in [-0.15, -0.1) is 0 Å². The SMILES string of the molecule is CNC(=O)c1cnc(Cl)cc1NC(=O)c1ccc(NS(C)(=O)=O)cc1OC. The van der Waals surface area contributed by atoms with Gasteiger partial charge in [0, 0.05) is 19.3 Å². The Hall–Kier alpha value is -2.85. The van der Waals surface area contributed by atoms with E-state index >= 15 is 0 Å². The molecule has 11 heteroatoms. The molecule has 0 saturated carbocycles. The number of ether oxygens (including phenoxy) is 1. The summed E-state index contributed by atoms with van der Waals surface area (Å²) >= 11 is 5.85. The van der Waals surface area contributed by atoms with Crippen LogP contribution in [-0.4, -0.2) is 45.6 Å². The number of benzene rings is 1. The van der Waals surface area contributed by atoms with Gasteiger partial charge < -0.3 is 15.4 Å². The molecule has 2 aromatic rings. The van der Waals surface area contributed by atoms with E-state index in [0.29, 0.717) is 0 Å². The number of carbonyl (C=O) groups excluding carboxylic acids is 2. The van der Waals surface area contributed by atoms with E-state index in [1.54, 1.807) is 0 Å². The molecule has 0 saturated heterocycles. The number of aromatic nitrogens is 1. The van der Waals surface area contributed by atoms with Crippen LogP contribution in [0.15, 0.2) is 30.5 Å². The number of anilines is 2. The highest BCUT2D eigenvalue weighted by Gasteiger charge is 2.18. The number of hydrogen-bond donors (Lipinski definition) is 3. The Labute approximate surface area is 161 Å². The van der Waals surface area contributed by atoms with Crippen molar-refractivity contribution in [3.8, 4) is 5.75 Å². The van der Waals surface area contributed by atoms with Crippen molar-refractivity contribution < 1.29 is 22.7 Å². The number of amides is 2. The Morgan fingerprint density at radius 2 is 1.85 bits per heavy atom. The van der Waals surface area contributed by atoms with E-state index in [2.05, 4.69) is 20.3 Å². The van der Waals surface area contributed by atoms with Gasteiger partial charge in [-0.1, -0.05) is 11.6 Å². The van der Waals surface area contributed by atoms with Crippen molar-refractivity contribution in [3.63, 3.8) is 0 Å². The number of rotatable bonds is 6. The molecular formula is C16H17ClN4O5S. The minimum atomic E-state index is -3.48. The zero-order valence-electron chi connectivity index (χ0n) is 14.7. The van der Waals surface area contributed by atoms with Gasteiger partial charge in [0.2, 0.25) is 10.0 Å². The van der Waals surface area contributed by atoms with E-state index in [9.17, 15) is 18.0 Å². The molecule has 0 aliphatic rings. The third-order valence-corrected chi connectivity index (χ3v) is 4.15. The smallest absolute Gasteiger partial charge is 0.259 e. The Bertz CT molecular complexity index is 994. The Morgan fingerprint density at radius 1 is 1.15 bits per heavy atom. The average Bonchev–Trinajstić information content (AvgIpc) is 2.59. The molecule has 0 fully saturated rings. The monoisotopic (exact) mass is 412 g/mol. The van der Waals surface area contributed by atoms with Crippen LogP contribution in [0.4, 0.5) is 11.4 Å². The van der Waals surface area contributed by atoms with Crippen molar-refractivity contribution in [1.29, 1.82) is 0 Å². The number of nitrogens with zero attached hydrogens (tertiary/aromatic N) is 1. The second-order valence-corrected chi connectivity index (χ2v) is 7.51. The van der Waals surface area contributed by atoms with Crippen molar-refractivity contribution in [1.82, 2.24) is 10.3 Å². The van der Waals surface area contributed by atoms with Gasteiger partial charge in [-0.3, -0.25) is 14.3 Å². The van der Waals surface area contributed by atoms with Crippen molar-refractivity contribution in [3.05, 3.63) is 46.7 Å². The summed E-state index contributed by atoms with van der Waals surface area (Å²) < 4.78 is 30.1. The maximum absolute atomic E-state index is 12.6. The third kappa shape index (κ3) is 5.31. The number of nitrogens with one attached hydrogen (secondary N) is 3. The lowest BCUT2D eigenvalue weighted by Crippen LogP contribution is -2.22. The highest BCUT2D eigenvalue weighted by molar-refractivity contribution is 7.92. The van der Waals surface area contributed by atoms with Crippen LogP contribution in [0, 0.1) is 0 Å². The molecule has 0 radical (unpaired) electrons. The summed E-state index contributed by atoms with van der Waals surface area (Å²) in [6.07, 6.45) is 2.25. The molecule has 0 bridgehead atoms. The number of halogens is 1. The Morgan fingerprint density at radius 3 is 2.44 bits per heavy atom. The summed E-state index contributed by atoms with van der Waals surface area (Å²) in [6.45, 7) is 0. The fourth-order valence-corrected chi connectivity index (χ4v) is 2.91. The number of methoxy groups -OCH3 is 1. The van der Waals surface area contributed by atoms with Crippen LogP contribution in [0.2, 0.25) is 5.15 Å². The van der Waals surface area contributed by atoms with E-state index in [4.69, 9.17) is 16.3 Å². The van der Waals surface area contributed by atoms with E-state index in [0.717, 1.165) is 6.26 Å². The molecule has 0 spiro atoms. The van der Waals surface area contributed by atoms with Crippen LogP contribution in [0.1, 0.15) is 20.7 Å². The van der Waals surface area contributed by atoms with E-state index in [1.807, 2.05) is 0 Å². The summed E-state index contributed by atoms with van der Waals surface area (Å²) in [5, 5.41) is 5.12. The summed E-state index contributed by atoms with van der Waals surface area (Å²) in [5.41, 5.74) is 0.667. The van der Waals surface area contributed by atoms with Gasteiger partial charge in [0.15, 0.2) is 0 Å². The second kappa shape index (κ2) is 8.23. The molecule has 3 N–H and O–H groups in total. The van der Waals surface area contributed by atoms with Crippen LogP contribution in [-0.2, 0) is 10.0 Å². The lowest BCUT2D eigenvalue weighted by Gasteiger charge is -2.13. The van der Waals surface area contributed by atoms with Crippen LogP contribution >= 0.6 is 11.6 Å². The zero-order chi connectivity index (χ0) is 20.2. The third-order valence-electron chi connectivity index (χ3n) is 3.34. The molecule has 27 heavy (non-hydrogen) atoms. The predicted molar refractivity (Wildman–Crippen MR) is 102 cm³/mol. The highest BCUT2D eigenvalue weighted by Crippen LogP contribution is 2.26. The van der Waals surface area contributed by atoms with Gasteiger partial charge in [-0.2, -0.15) is 0 Å². The minimum absolute atomic E-state index is 0.0950. The van der Waals surface area contributed by atoms with Gasteiger partial charge in [0.1, 0.15) is 10.9 Å². The molecule has 9 nitrogen and oxygen atoms in total. The normalized spacial score (nSPS) is 10.8. The molecule has 2 rings (SSSR count). The maximum Gasteiger partial charge on any atom is 0.259 e. The molecule has 0 atom stereocenters. The molecule has 144 valence electrons. The first kappa shape index (κ1) is 20.5. The van der Waals surface area contributed by atoms with Crippen molar-refractivity contribution in [2.75, 3.05) is 30.5 Å². The van der Waals surface area contributed by atoms with E-state index in [1.165, 1.54) is 44.6 Å². The van der Waals surface area contributed by atoms with Gasteiger partial charge in [-0.05, 0) is 18.2 Å². The maximum atomic E-state index is 12.6. The number of sulfonamides is 1. The van der Waals surface area contributed by atoms with Gasteiger partial charge in [0.25, 0.3) is 11.8 Å². The molecule has 0 aliphatic heterocycles. The van der Waals surface area contributed by atoms with Crippen molar-refractivity contribution in [2.45, 2.75) is 0 Å². The molecule has 0 unspecified atom stereocenters. The first-order chi connectivity index (χ1) is 12.6. The molecule has 1 aromatic heterocycles. The first-order valence-electron chi connectivity index (χ1n) is 7.49. The first-order valence-corrected chi connectivity index (χ1v) is 9.76. The summed E-state index contributed by atoms with van der Waals surface area (Å²) in [6, 6.07) is 5.52. The molecule has 2 amide bonds. The molecular weight excluding hydrogens is 396 g/mol. The largest absolute Gasteiger partial charge is 0.496 e. The Kier molecular flexibility index (Phi) is 6.24. The summed E-state index contributed by atoms with van der Waals surface area (Å²) in [4.78, 5) is 28.4.